The maximum absolute atomic E-state index is 11.2. The molecule has 0 atom stereocenters. The van der Waals surface area contributed by atoms with Crippen molar-refractivity contribution in [3.05, 3.63) is 42.0 Å². The Labute approximate surface area is 112 Å². The van der Waals surface area contributed by atoms with Crippen LogP contribution in [0.25, 0.3) is 11.3 Å². The van der Waals surface area contributed by atoms with Gasteiger partial charge in [0.2, 0.25) is 0 Å². The molecule has 4 heteroatoms. The number of carbonyl (C=O) groups excluding carboxylic acids is 1. The quantitative estimate of drug-likeness (QED) is 0.853. The molecule has 0 aliphatic rings. The highest BCUT2D eigenvalue weighted by molar-refractivity contribution is 5.94. The van der Waals surface area contributed by atoms with Crippen molar-refractivity contribution in [2.24, 2.45) is 0 Å². The average molecular weight is 255 g/mol. The van der Waals surface area contributed by atoms with Gasteiger partial charge in [-0.25, -0.2) is 0 Å². The number of nitrogens with zero attached hydrogens (tertiary/aromatic N) is 2. The molecule has 0 amide bonds. The van der Waals surface area contributed by atoms with Gasteiger partial charge >= 0.3 is 0 Å². The van der Waals surface area contributed by atoms with Gasteiger partial charge in [-0.15, -0.1) is 10.2 Å². The third-order valence-corrected chi connectivity index (χ3v) is 2.69. The summed E-state index contributed by atoms with van der Waals surface area (Å²) in [4.78, 5) is 11.2. The molecule has 19 heavy (non-hydrogen) atoms. The molecule has 0 radical (unpaired) electrons. The monoisotopic (exact) mass is 255 g/mol. The second kappa shape index (κ2) is 5.61. The van der Waals surface area contributed by atoms with E-state index in [1.165, 1.54) is 0 Å². The summed E-state index contributed by atoms with van der Waals surface area (Å²) in [5.41, 5.74) is 2.45. The third kappa shape index (κ3) is 3.37. The Morgan fingerprint density at radius 2 is 1.74 bits per heavy atom. The molecule has 2 rings (SSSR count). The van der Waals surface area contributed by atoms with Crippen LogP contribution in [0.4, 0.5) is 5.82 Å². The minimum absolute atomic E-state index is 0.0640. The van der Waals surface area contributed by atoms with E-state index < -0.39 is 0 Å². The molecule has 0 spiro atoms. The number of hydrogen-bond donors (Lipinski definition) is 1. The van der Waals surface area contributed by atoms with Crippen molar-refractivity contribution in [3.63, 3.8) is 0 Å². The molecule has 1 aromatic carbocycles. The standard InChI is InChI=1S/C15H17N3O/c1-10(2)16-15-9-8-14(17-18-15)13-6-4-12(5-7-13)11(3)19/h4-10H,1-3H3,(H,16,18). The van der Waals surface area contributed by atoms with Crippen LogP contribution in [0.2, 0.25) is 0 Å². The minimum Gasteiger partial charge on any atom is -0.366 e. The lowest BCUT2D eigenvalue weighted by Gasteiger charge is -2.08. The van der Waals surface area contributed by atoms with Crippen LogP contribution in [0, 0.1) is 0 Å². The first-order valence-corrected chi connectivity index (χ1v) is 6.28. The molecule has 98 valence electrons. The third-order valence-electron chi connectivity index (χ3n) is 2.69. The highest BCUT2D eigenvalue weighted by atomic mass is 16.1. The molecule has 1 heterocycles. The maximum Gasteiger partial charge on any atom is 0.159 e. The van der Waals surface area contributed by atoms with Gasteiger partial charge in [0.1, 0.15) is 5.82 Å². The van der Waals surface area contributed by atoms with Gasteiger partial charge in [-0.05, 0) is 32.9 Å². The van der Waals surface area contributed by atoms with Crippen LogP contribution in [0.15, 0.2) is 36.4 Å². The van der Waals surface area contributed by atoms with E-state index in [0.717, 1.165) is 17.1 Å². The predicted molar refractivity (Wildman–Crippen MR) is 76.2 cm³/mol. The van der Waals surface area contributed by atoms with Crippen molar-refractivity contribution >= 4 is 11.6 Å². The molecule has 4 nitrogen and oxygen atoms in total. The highest BCUT2D eigenvalue weighted by Crippen LogP contribution is 2.18. The van der Waals surface area contributed by atoms with E-state index in [1.807, 2.05) is 24.3 Å². The van der Waals surface area contributed by atoms with Gasteiger partial charge in [-0.2, -0.15) is 0 Å². The number of hydrogen-bond acceptors (Lipinski definition) is 4. The minimum atomic E-state index is 0.0640. The van der Waals surface area contributed by atoms with Crippen molar-refractivity contribution in [1.82, 2.24) is 10.2 Å². The number of ketones is 1. The molecule has 0 fully saturated rings. The zero-order valence-electron chi connectivity index (χ0n) is 11.3. The average Bonchev–Trinajstić information content (AvgIpc) is 2.39. The number of anilines is 1. The van der Waals surface area contributed by atoms with Gasteiger partial charge in [-0.3, -0.25) is 4.79 Å². The Bertz CT molecular complexity index is 559. The first-order valence-electron chi connectivity index (χ1n) is 6.28. The number of rotatable bonds is 4. The Balaban J connectivity index is 2.19. The predicted octanol–water partition coefficient (Wildman–Crippen LogP) is 3.17. The number of Topliss-reactive ketones (excluding diaryl/α,β-unsaturated/α-hetero) is 1. The SMILES string of the molecule is CC(=O)c1ccc(-c2ccc(NC(C)C)nn2)cc1. The van der Waals surface area contributed by atoms with Crippen molar-refractivity contribution in [3.8, 4) is 11.3 Å². The Hall–Kier alpha value is -2.23. The molecule has 1 N–H and O–H groups in total. The summed E-state index contributed by atoms with van der Waals surface area (Å²) >= 11 is 0. The van der Waals surface area contributed by atoms with Crippen LogP contribution in [-0.2, 0) is 0 Å². The van der Waals surface area contributed by atoms with E-state index in [1.54, 1.807) is 19.1 Å². The van der Waals surface area contributed by atoms with Crippen LogP contribution in [0.3, 0.4) is 0 Å². The van der Waals surface area contributed by atoms with Crippen LogP contribution < -0.4 is 5.32 Å². The van der Waals surface area contributed by atoms with E-state index in [0.29, 0.717) is 11.6 Å². The molecular formula is C15H17N3O. The molecule has 0 aliphatic heterocycles. The maximum atomic E-state index is 11.2. The fraction of sp³-hybridized carbons (Fsp3) is 0.267. The fourth-order valence-corrected chi connectivity index (χ4v) is 1.73. The van der Waals surface area contributed by atoms with E-state index in [9.17, 15) is 4.79 Å². The highest BCUT2D eigenvalue weighted by Gasteiger charge is 2.03. The summed E-state index contributed by atoms with van der Waals surface area (Å²) in [6.07, 6.45) is 0. The van der Waals surface area contributed by atoms with Gasteiger partial charge in [-0.1, -0.05) is 24.3 Å². The largest absolute Gasteiger partial charge is 0.366 e. The summed E-state index contributed by atoms with van der Waals surface area (Å²) < 4.78 is 0. The van der Waals surface area contributed by atoms with Crippen LogP contribution in [-0.4, -0.2) is 22.0 Å². The Morgan fingerprint density at radius 1 is 1.05 bits per heavy atom. The molecule has 2 aromatic rings. The first kappa shape index (κ1) is 13.2. The topological polar surface area (TPSA) is 54.9 Å². The molecule has 0 bridgehead atoms. The van der Waals surface area contributed by atoms with Gasteiger partial charge in [0.25, 0.3) is 0 Å². The van der Waals surface area contributed by atoms with E-state index in [-0.39, 0.29) is 5.78 Å². The summed E-state index contributed by atoms with van der Waals surface area (Å²) in [6.45, 7) is 5.66. The summed E-state index contributed by atoms with van der Waals surface area (Å²) in [5, 5.41) is 11.5. The van der Waals surface area contributed by atoms with Gasteiger partial charge < -0.3 is 5.32 Å². The molecule has 0 aliphatic carbocycles. The van der Waals surface area contributed by atoms with Crippen molar-refractivity contribution < 1.29 is 4.79 Å². The number of nitrogens with one attached hydrogen (secondary N) is 1. The Kier molecular flexibility index (Phi) is 3.90. The smallest absolute Gasteiger partial charge is 0.159 e. The van der Waals surface area contributed by atoms with E-state index >= 15 is 0 Å². The van der Waals surface area contributed by atoms with Gasteiger partial charge in [0.15, 0.2) is 5.78 Å². The van der Waals surface area contributed by atoms with Crippen LogP contribution >= 0.6 is 0 Å². The lowest BCUT2D eigenvalue weighted by atomic mass is 10.1. The second-order valence-electron chi connectivity index (χ2n) is 4.74. The first-order chi connectivity index (χ1) is 9.06. The normalized spacial score (nSPS) is 10.5. The second-order valence-corrected chi connectivity index (χ2v) is 4.74. The summed E-state index contributed by atoms with van der Waals surface area (Å²) in [5.74, 6) is 0.827. The van der Waals surface area contributed by atoms with Crippen molar-refractivity contribution in [1.29, 1.82) is 0 Å². The summed E-state index contributed by atoms with van der Waals surface area (Å²) in [7, 11) is 0. The molecule has 0 saturated heterocycles. The zero-order valence-corrected chi connectivity index (χ0v) is 11.3. The lowest BCUT2D eigenvalue weighted by Crippen LogP contribution is -2.11. The fourth-order valence-electron chi connectivity index (χ4n) is 1.73. The van der Waals surface area contributed by atoms with Gasteiger partial charge in [0, 0.05) is 17.2 Å². The molecule has 0 saturated carbocycles. The van der Waals surface area contributed by atoms with Gasteiger partial charge in [0.05, 0.1) is 5.69 Å². The number of benzene rings is 1. The van der Waals surface area contributed by atoms with Crippen molar-refractivity contribution in [2.45, 2.75) is 26.8 Å². The number of aromatic nitrogens is 2. The van der Waals surface area contributed by atoms with Crippen molar-refractivity contribution in [2.75, 3.05) is 5.32 Å². The molecule has 0 unspecified atom stereocenters. The summed E-state index contributed by atoms with van der Waals surface area (Å²) in [6, 6.07) is 11.5. The molecule has 1 aromatic heterocycles. The van der Waals surface area contributed by atoms with Crippen LogP contribution in [0.5, 0.6) is 0 Å². The number of carbonyl (C=O) groups is 1. The van der Waals surface area contributed by atoms with Crippen LogP contribution in [0.1, 0.15) is 31.1 Å². The zero-order chi connectivity index (χ0) is 13.8. The Morgan fingerprint density at radius 3 is 2.21 bits per heavy atom. The van der Waals surface area contributed by atoms with E-state index in [4.69, 9.17) is 0 Å². The van der Waals surface area contributed by atoms with E-state index in [2.05, 4.69) is 29.4 Å². The molecular weight excluding hydrogens is 238 g/mol. The lowest BCUT2D eigenvalue weighted by molar-refractivity contribution is 0.101.